The van der Waals surface area contributed by atoms with Gasteiger partial charge in [0.15, 0.2) is 5.58 Å². The largest absolute Gasteiger partial charge is 0.455 e. The first-order chi connectivity index (χ1) is 28.7. The molecule has 0 saturated heterocycles. The molecular formula is C56H32OS. The molecule has 11 aromatic carbocycles. The Labute approximate surface area is 337 Å². The van der Waals surface area contributed by atoms with Gasteiger partial charge in [-0.2, -0.15) is 0 Å². The van der Waals surface area contributed by atoms with Gasteiger partial charge >= 0.3 is 0 Å². The normalized spacial score (nSPS) is 12.1. The Morgan fingerprint density at radius 3 is 1.64 bits per heavy atom. The number of hydrogen-bond acceptors (Lipinski definition) is 2. The smallest absolute Gasteiger partial charge is 0.153 e. The highest BCUT2D eigenvalue weighted by atomic mass is 32.1. The van der Waals surface area contributed by atoms with Gasteiger partial charge in [0.25, 0.3) is 0 Å². The Balaban J connectivity index is 0.936. The molecule has 2 heterocycles. The molecule has 0 bridgehead atoms. The first-order valence-electron chi connectivity index (χ1n) is 19.9. The molecule has 13 rings (SSSR count). The minimum absolute atomic E-state index is 0.921. The lowest BCUT2D eigenvalue weighted by atomic mass is 9.84. The van der Waals surface area contributed by atoms with E-state index in [0.29, 0.717) is 0 Å². The lowest BCUT2D eigenvalue weighted by molar-refractivity contribution is 0.673. The van der Waals surface area contributed by atoms with E-state index in [9.17, 15) is 0 Å². The Kier molecular flexibility index (Phi) is 6.66. The molecule has 0 amide bonds. The van der Waals surface area contributed by atoms with Crippen LogP contribution in [0.1, 0.15) is 0 Å². The van der Waals surface area contributed by atoms with Gasteiger partial charge < -0.3 is 4.42 Å². The molecule has 0 N–H and O–H groups in total. The van der Waals surface area contributed by atoms with E-state index in [2.05, 4.69) is 194 Å². The van der Waals surface area contributed by atoms with Crippen LogP contribution < -0.4 is 0 Å². The minimum Gasteiger partial charge on any atom is -0.455 e. The van der Waals surface area contributed by atoms with Crippen molar-refractivity contribution in [2.45, 2.75) is 0 Å². The summed E-state index contributed by atoms with van der Waals surface area (Å²) in [5.74, 6) is 0. The summed E-state index contributed by atoms with van der Waals surface area (Å²) in [5.41, 5.74) is 9.35. The molecule has 0 fully saturated rings. The fourth-order valence-corrected chi connectivity index (χ4v) is 11.0. The van der Waals surface area contributed by atoms with E-state index in [0.717, 1.165) is 21.9 Å². The molecule has 0 aliphatic heterocycles. The molecule has 2 aromatic heterocycles. The highest BCUT2D eigenvalue weighted by Gasteiger charge is 2.19. The molecule has 1 nitrogen and oxygen atoms in total. The quantitative estimate of drug-likeness (QED) is 0.164. The fraction of sp³-hybridized carbons (Fsp3) is 0. The first kappa shape index (κ1) is 31.9. The lowest BCUT2D eigenvalue weighted by Gasteiger charge is -2.19. The average Bonchev–Trinajstić information content (AvgIpc) is 3.86. The molecule has 0 aliphatic carbocycles. The van der Waals surface area contributed by atoms with Crippen molar-refractivity contribution >= 4 is 107 Å². The summed E-state index contributed by atoms with van der Waals surface area (Å²) in [6.07, 6.45) is 0. The van der Waals surface area contributed by atoms with Crippen LogP contribution in [0.25, 0.3) is 129 Å². The van der Waals surface area contributed by atoms with Gasteiger partial charge in [0.05, 0.1) is 4.70 Å². The second-order valence-corrected chi connectivity index (χ2v) is 16.6. The number of furan rings is 1. The van der Waals surface area contributed by atoms with Gasteiger partial charge in [-0.05, 0) is 124 Å². The van der Waals surface area contributed by atoms with Crippen LogP contribution in [0, 0.1) is 0 Å². The van der Waals surface area contributed by atoms with Crippen molar-refractivity contribution in [3.63, 3.8) is 0 Å². The van der Waals surface area contributed by atoms with E-state index in [4.69, 9.17) is 4.42 Å². The molecule has 0 unspecified atom stereocenters. The summed E-state index contributed by atoms with van der Waals surface area (Å²) in [6.45, 7) is 0. The van der Waals surface area contributed by atoms with E-state index in [1.54, 1.807) is 0 Å². The van der Waals surface area contributed by atoms with Crippen LogP contribution in [-0.2, 0) is 0 Å². The van der Waals surface area contributed by atoms with E-state index >= 15 is 0 Å². The molecule has 0 aliphatic rings. The molecule has 0 saturated carbocycles. The van der Waals surface area contributed by atoms with Crippen molar-refractivity contribution < 1.29 is 4.42 Å². The second-order valence-electron chi connectivity index (χ2n) is 15.5. The van der Waals surface area contributed by atoms with Gasteiger partial charge in [-0.25, -0.2) is 0 Å². The third-order valence-electron chi connectivity index (χ3n) is 12.4. The van der Waals surface area contributed by atoms with Crippen molar-refractivity contribution in [3.05, 3.63) is 194 Å². The molecule has 268 valence electrons. The SMILES string of the molecule is c1ccc2c(-c3c4ccccc4c(-c4ccc5cc(-c6ccc7oc8c(ccc9c8sc8ccc%10ccccc%10c89)c7c6)ccc5c4)c4ccccc34)cccc2c1. The number of thiophene rings is 1. The first-order valence-corrected chi connectivity index (χ1v) is 20.7. The maximum atomic E-state index is 6.65. The van der Waals surface area contributed by atoms with Crippen LogP contribution in [0.15, 0.2) is 199 Å². The van der Waals surface area contributed by atoms with Crippen molar-refractivity contribution in [1.82, 2.24) is 0 Å². The fourth-order valence-electron chi connectivity index (χ4n) is 9.77. The van der Waals surface area contributed by atoms with Crippen LogP contribution in [0.3, 0.4) is 0 Å². The molecule has 2 heteroatoms. The van der Waals surface area contributed by atoms with Crippen molar-refractivity contribution in [3.8, 4) is 33.4 Å². The Hall–Kier alpha value is -7.26. The average molecular weight is 753 g/mol. The van der Waals surface area contributed by atoms with Gasteiger partial charge in [0, 0.05) is 26.2 Å². The zero-order valence-corrected chi connectivity index (χ0v) is 32.1. The summed E-state index contributed by atoms with van der Waals surface area (Å²) >= 11 is 1.83. The van der Waals surface area contributed by atoms with Gasteiger partial charge in [0.1, 0.15) is 5.58 Å². The van der Waals surface area contributed by atoms with Crippen LogP contribution >= 0.6 is 11.3 Å². The summed E-state index contributed by atoms with van der Waals surface area (Å²) < 4.78 is 9.15. The van der Waals surface area contributed by atoms with E-state index in [1.165, 1.54) is 107 Å². The monoisotopic (exact) mass is 752 g/mol. The zero-order valence-electron chi connectivity index (χ0n) is 31.3. The summed E-state index contributed by atoms with van der Waals surface area (Å²) in [7, 11) is 0. The highest BCUT2D eigenvalue weighted by molar-refractivity contribution is 7.26. The molecule has 0 atom stereocenters. The molecule has 58 heavy (non-hydrogen) atoms. The lowest BCUT2D eigenvalue weighted by Crippen LogP contribution is -1.91. The minimum atomic E-state index is 0.921. The number of benzene rings is 11. The summed E-state index contributed by atoms with van der Waals surface area (Å²) in [5, 5.41) is 17.5. The predicted octanol–water partition coefficient (Wildman–Crippen LogP) is 16.7. The van der Waals surface area contributed by atoms with E-state index in [1.807, 2.05) is 11.3 Å². The van der Waals surface area contributed by atoms with Crippen LogP contribution in [0.4, 0.5) is 0 Å². The van der Waals surface area contributed by atoms with Gasteiger partial charge in [0.2, 0.25) is 0 Å². The topological polar surface area (TPSA) is 13.1 Å². The van der Waals surface area contributed by atoms with Crippen LogP contribution in [0.5, 0.6) is 0 Å². The maximum absolute atomic E-state index is 6.65. The maximum Gasteiger partial charge on any atom is 0.153 e. The number of hydrogen-bond donors (Lipinski definition) is 0. The van der Waals surface area contributed by atoms with Crippen LogP contribution in [0.2, 0.25) is 0 Å². The third-order valence-corrected chi connectivity index (χ3v) is 13.6. The van der Waals surface area contributed by atoms with Crippen LogP contribution in [-0.4, -0.2) is 0 Å². The van der Waals surface area contributed by atoms with Crippen molar-refractivity contribution in [1.29, 1.82) is 0 Å². The summed E-state index contributed by atoms with van der Waals surface area (Å²) in [4.78, 5) is 0. The number of rotatable bonds is 3. The molecular weight excluding hydrogens is 721 g/mol. The van der Waals surface area contributed by atoms with Crippen molar-refractivity contribution in [2.75, 3.05) is 0 Å². The Bertz CT molecular complexity index is 3800. The Morgan fingerprint density at radius 2 is 0.879 bits per heavy atom. The van der Waals surface area contributed by atoms with Gasteiger partial charge in [-0.3, -0.25) is 0 Å². The van der Waals surface area contributed by atoms with E-state index < -0.39 is 0 Å². The highest BCUT2D eigenvalue weighted by Crippen LogP contribution is 2.47. The van der Waals surface area contributed by atoms with Gasteiger partial charge in [-0.15, -0.1) is 11.3 Å². The van der Waals surface area contributed by atoms with Crippen molar-refractivity contribution in [2.24, 2.45) is 0 Å². The standard InChI is InChI=1S/C56H32OS/c1-3-13-40-33(10-1)12-9-19-42(40)53-45-17-7-5-15-43(45)52(44-16-6-8-18-46(44)53)39-23-22-35-30-36(20-21-37(35)31-39)38-24-28-50-49(32-38)47-26-27-48-54-41-14-4-2-11-34(41)25-29-51(54)58-56(48)55(47)57-50/h1-32H. The predicted molar refractivity (Wildman–Crippen MR) is 250 cm³/mol. The summed E-state index contributed by atoms with van der Waals surface area (Å²) in [6, 6.07) is 71.5. The van der Waals surface area contributed by atoms with E-state index in [-0.39, 0.29) is 0 Å². The molecule has 0 radical (unpaired) electrons. The zero-order chi connectivity index (χ0) is 37.9. The van der Waals surface area contributed by atoms with Gasteiger partial charge in [-0.1, -0.05) is 158 Å². The molecule has 0 spiro atoms. The number of fused-ring (bicyclic) bond motifs is 13. The third kappa shape index (κ3) is 4.58. The second kappa shape index (κ2) is 12.1. The molecule has 13 aromatic rings. The Morgan fingerprint density at radius 1 is 0.328 bits per heavy atom.